The van der Waals surface area contributed by atoms with Gasteiger partial charge < -0.3 is 0 Å². The molecule has 0 unspecified atom stereocenters. The number of hydrogen-bond donors (Lipinski definition) is 0. The molecule has 0 bridgehead atoms. The molecular weight excluding hydrogens is 306 g/mol. The number of anilines is 1. The third-order valence-corrected chi connectivity index (χ3v) is 8.42. The van der Waals surface area contributed by atoms with E-state index in [2.05, 4.69) is 19.1 Å². The Hall–Kier alpha value is -1.55. The average Bonchev–Trinajstić information content (AvgIpc) is 2.86. The molecule has 1 spiro atoms. The number of allylic oxidation sites excluding steroid dienone is 4. The van der Waals surface area contributed by atoms with E-state index in [4.69, 9.17) is 0 Å². The predicted octanol–water partition coefficient (Wildman–Crippen LogP) is 3.78. The third kappa shape index (κ3) is 1.58. The minimum atomic E-state index is -3.40. The van der Waals surface area contributed by atoms with Crippen LogP contribution >= 0.6 is 0 Å². The van der Waals surface area contributed by atoms with Crippen LogP contribution in [0.2, 0.25) is 0 Å². The Bertz CT molecular complexity index is 861. The Labute approximate surface area is 137 Å². The predicted molar refractivity (Wildman–Crippen MR) is 91.6 cm³/mol. The van der Waals surface area contributed by atoms with E-state index in [0.29, 0.717) is 4.91 Å². The van der Waals surface area contributed by atoms with Crippen molar-refractivity contribution in [1.82, 2.24) is 0 Å². The zero-order chi connectivity index (χ0) is 15.8. The maximum Gasteiger partial charge on any atom is 0.261 e. The van der Waals surface area contributed by atoms with Gasteiger partial charge >= 0.3 is 0 Å². The molecule has 2 atom stereocenters. The molecule has 120 valence electrons. The first-order valence-electron chi connectivity index (χ1n) is 8.54. The first-order valence-corrected chi connectivity index (χ1v) is 9.98. The van der Waals surface area contributed by atoms with Gasteiger partial charge in [-0.3, -0.25) is 4.31 Å². The fourth-order valence-corrected chi connectivity index (χ4v) is 7.38. The summed E-state index contributed by atoms with van der Waals surface area (Å²) < 4.78 is 28.5. The number of fused-ring (bicyclic) bond motifs is 6. The minimum Gasteiger partial charge on any atom is -0.262 e. The Morgan fingerprint density at radius 3 is 2.74 bits per heavy atom. The second-order valence-electron chi connectivity index (χ2n) is 7.54. The summed E-state index contributed by atoms with van der Waals surface area (Å²) >= 11 is 0. The number of hydrogen-bond acceptors (Lipinski definition) is 2. The van der Waals surface area contributed by atoms with Crippen LogP contribution in [0.5, 0.6) is 0 Å². The van der Waals surface area contributed by atoms with E-state index >= 15 is 0 Å². The van der Waals surface area contributed by atoms with Crippen LogP contribution in [0.1, 0.15) is 38.2 Å². The Morgan fingerprint density at radius 1 is 1.22 bits per heavy atom. The summed E-state index contributed by atoms with van der Waals surface area (Å²) in [6, 6.07) is 8.14. The van der Waals surface area contributed by atoms with Gasteiger partial charge in [0.05, 0.1) is 16.6 Å². The lowest BCUT2D eigenvalue weighted by Gasteiger charge is -2.58. The molecule has 23 heavy (non-hydrogen) atoms. The quantitative estimate of drug-likeness (QED) is 0.680. The fourth-order valence-electron chi connectivity index (χ4n) is 5.18. The topological polar surface area (TPSA) is 37.4 Å². The van der Waals surface area contributed by atoms with Crippen molar-refractivity contribution in [3.8, 4) is 0 Å². The van der Waals surface area contributed by atoms with E-state index in [1.165, 1.54) is 17.6 Å². The monoisotopic (exact) mass is 327 g/mol. The first-order chi connectivity index (χ1) is 11.0. The van der Waals surface area contributed by atoms with Crippen molar-refractivity contribution in [2.45, 2.75) is 45.1 Å². The fraction of sp³-hybridized carbons (Fsp3) is 0.474. The number of nitrogens with zero attached hydrogens (tertiary/aromatic N) is 1. The molecule has 3 nitrogen and oxygen atoms in total. The van der Waals surface area contributed by atoms with Crippen LogP contribution in [0.25, 0.3) is 0 Å². The molecule has 2 aliphatic heterocycles. The third-order valence-electron chi connectivity index (χ3n) is 6.43. The van der Waals surface area contributed by atoms with Gasteiger partial charge in [0.2, 0.25) is 0 Å². The Balaban J connectivity index is 1.76. The van der Waals surface area contributed by atoms with Crippen molar-refractivity contribution in [3.63, 3.8) is 0 Å². The normalized spacial score (nSPS) is 32.3. The van der Waals surface area contributed by atoms with Crippen LogP contribution in [0.15, 0.2) is 46.9 Å². The maximum atomic E-state index is 13.4. The van der Waals surface area contributed by atoms with Gasteiger partial charge in [0.15, 0.2) is 0 Å². The zero-order valence-corrected chi connectivity index (χ0v) is 14.1. The molecule has 4 heteroatoms. The maximum absolute atomic E-state index is 13.4. The van der Waals surface area contributed by atoms with Crippen LogP contribution in [0, 0.1) is 11.3 Å². The highest BCUT2D eigenvalue weighted by Gasteiger charge is 2.62. The smallest absolute Gasteiger partial charge is 0.261 e. The highest BCUT2D eigenvalue weighted by atomic mass is 32.2. The summed E-state index contributed by atoms with van der Waals surface area (Å²) in [6.45, 7) is 2.13. The second kappa shape index (κ2) is 4.29. The molecule has 0 radical (unpaired) electrons. The molecule has 2 heterocycles. The van der Waals surface area contributed by atoms with Crippen LogP contribution < -0.4 is 4.31 Å². The van der Waals surface area contributed by atoms with Gasteiger partial charge in [-0.15, -0.1) is 0 Å². The van der Waals surface area contributed by atoms with Gasteiger partial charge in [-0.05, 0) is 44.2 Å². The van der Waals surface area contributed by atoms with Crippen molar-refractivity contribution in [1.29, 1.82) is 0 Å². The molecule has 1 saturated carbocycles. The van der Waals surface area contributed by atoms with Gasteiger partial charge in [-0.1, -0.05) is 42.3 Å². The lowest BCUT2D eigenvalue weighted by molar-refractivity contribution is 0.0589. The zero-order valence-electron chi connectivity index (χ0n) is 13.3. The van der Waals surface area contributed by atoms with E-state index in [9.17, 15) is 8.42 Å². The molecule has 4 aliphatic rings. The highest BCUT2D eigenvalue weighted by molar-refractivity contribution is 7.96. The number of para-hydroxylation sites is 1. The number of benzene rings is 1. The summed E-state index contributed by atoms with van der Waals surface area (Å²) in [5.74, 6) is 0.0885. The summed E-state index contributed by atoms with van der Waals surface area (Å²) in [4.78, 5) is 0.663. The molecule has 1 aromatic carbocycles. The van der Waals surface area contributed by atoms with Crippen LogP contribution in [-0.4, -0.2) is 14.5 Å². The summed E-state index contributed by atoms with van der Waals surface area (Å²) in [6.07, 6.45) is 9.37. The van der Waals surface area contributed by atoms with Crippen molar-refractivity contribution >= 4 is 15.7 Å². The van der Waals surface area contributed by atoms with Crippen molar-refractivity contribution in [2.24, 2.45) is 11.3 Å². The minimum absolute atomic E-state index is 0.0885. The molecular formula is C19H21NO2S. The largest absolute Gasteiger partial charge is 0.262 e. The molecule has 1 aromatic rings. The lowest BCUT2D eigenvalue weighted by atomic mass is 9.55. The molecule has 0 N–H and O–H groups in total. The molecule has 2 aliphatic carbocycles. The molecule has 1 saturated heterocycles. The van der Waals surface area contributed by atoms with E-state index in [1.807, 2.05) is 24.3 Å². The summed E-state index contributed by atoms with van der Waals surface area (Å²) in [5.41, 5.74) is 3.52. The van der Waals surface area contributed by atoms with Gasteiger partial charge in [0, 0.05) is 11.3 Å². The first kappa shape index (κ1) is 13.8. The van der Waals surface area contributed by atoms with Crippen LogP contribution in [-0.2, 0) is 16.4 Å². The second-order valence-corrected chi connectivity index (χ2v) is 9.35. The summed E-state index contributed by atoms with van der Waals surface area (Å²) in [7, 11) is -3.40. The Morgan fingerprint density at radius 2 is 2.00 bits per heavy atom. The van der Waals surface area contributed by atoms with E-state index < -0.39 is 10.0 Å². The van der Waals surface area contributed by atoms with Gasteiger partial charge in [-0.25, -0.2) is 8.42 Å². The molecule has 0 amide bonds. The van der Waals surface area contributed by atoms with Crippen LogP contribution in [0.3, 0.4) is 0 Å². The van der Waals surface area contributed by atoms with Crippen LogP contribution in [0.4, 0.5) is 5.69 Å². The van der Waals surface area contributed by atoms with E-state index in [0.717, 1.165) is 31.4 Å². The van der Waals surface area contributed by atoms with Gasteiger partial charge in [0.1, 0.15) is 0 Å². The molecule has 5 rings (SSSR count). The SMILES string of the molecule is CC1=C[C@@H]2C(=CC1)S(=O)(=O)N1c3ccccc3C[C@@H]1C21CCC1. The number of rotatable bonds is 0. The average molecular weight is 327 g/mol. The van der Waals surface area contributed by atoms with Crippen molar-refractivity contribution in [2.75, 3.05) is 4.31 Å². The van der Waals surface area contributed by atoms with E-state index in [1.54, 1.807) is 4.31 Å². The van der Waals surface area contributed by atoms with Crippen molar-refractivity contribution in [3.05, 3.63) is 52.5 Å². The Kier molecular flexibility index (Phi) is 2.59. The van der Waals surface area contributed by atoms with Gasteiger partial charge in [0.25, 0.3) is 10.0 Å². The van der Waals surface area contributed by atoms with E-state index in [-0.39, 0.29) is 17.4 Å². The molecule has 0 aromatic heterocycles. The van der Waals surface area contributed by atoms with Crippen molar-refractivity contribution < 1.29 is 8.42 Å². The lowest BCUT2D eigenvalue weighted by Crippen LogP contribution is -2.61. The highest BCUT2D eigenvalue weighted by Crippen LogP contribution is 2.63. The number of sulfonamides is 1. The van der Waals surface area contributed by atoms with Gasteiger partial charge in [-0.2, -0.15) is 0 Å². The standard InChI is InChI=1S/C19H21NO2S/c1-13-7-8-17-15(11-13)19(9-4-10-19)18-12-14-5-2-3-6-16(14)20(18)23(17,21)22/h2-3,5-6,8,11,15,18H,4,7,9-10,12H2,1H3/t15-,18-/m1/s1. The summed E-state index contributed by atoms with van der Waals surface area (Å²) in [5, 5.41) is 0. The molecule has 2 fully saturated rings.